The zero-order valence-corrected chi connectivity index (χ0v) is 12.8. The van der Waals surface area contributed by atoms with Crippen molar-refractivity contribution in [2.45, 2.75) is 38.4 Å². The summed E-state index contributed by atoms with van der Waals surface area (Å²) in [5.41, 5.74) is 1.08. The van der Waals surface area contributed by atoms with Gasteiger partial charge in [-0.2, -0.15) is 11.8 Å². The lowest BCUT2D eigenvalue weighted by molar-refractivity contribution is 0.706. The van der Waals surface area contributed by atoms with Crippen molar-refractivity contribution in [3.05, 3.63) is 17.0 Å². The first-order valence-electron chi connectivity index (χ1n) is 6.50. The summed E-state index contributed by atoms with van der Waals surface area (Å²) in [5.74, 6) is 2.55. The van der Waals surface area contributed by atoms with Crippen molar-refractivity contribution >= 4 is 29.2 Å². The molecule has 0 aliphatic carbocycles. The van der Waals surface area contributed by atoms with E-state index < -0.39 is 0 Å². The Morgan fingerprint density at radius 1 is 1.50 bits per heavy atom. The number of anilines is 1. The van der Waals surface area contributed by atoms with Gasteiger partial charge in [0.25, 0.3) is 0 Å². The minimum Gasteiger partial charge on any atom is -0.354 e. The molecule has 1 aliphatic rings. The molecule has 1 saturated heterocycles. The van der Waals surface area contributed by atoms with Crippen LogP contribution in [0.1, 0.15) is 38.7 Å². The molecule has 1 atom stereocenters. The molecule has 3 nitrogen and oxygen atoms in total. The van der Waals surface area contributed by atoms with Crippen LogP contribution in [0.3, 0.4) is 0 Å². The summed E-state index contributed by atoms with van der Waals surface area (Å²) in [7, 11) is 0. The molecule has 1 fully saturated rings. The third-order valence-corrected chi connectivity index (χ3v) is 4.96. The van der Waals surface area contributed by atoms with Gasteiger partial charge in [0.15, 0.2) is 0 Å². The summed E-state index contributed by atoms with van der Waals surface area (Å²) >= 11 is 8.29. The zero-order valence-electron chi connectivity index (χ0n) is 11.2. The van der Waals surface area contributed by atoms with Gasteiger partial charge in [0.2, 0.25) is 0 Å². The van der Waals surface area contributed by atoms with E-state index in [-0.39, 0.29) is 0 Å². The fourth-order valence-corrected chi connectivity index (χ4v) is 3.80. The Kier molecular flexibility index (Phi) is 4.73. The fourth-order valence-electron chi connectivity index (χ4n) is 2.27. The van der Waals surface area contributed by atoms with Crippen molar-refractivity contribution in [1.29, 1.82) is 0 Å². The molecule has 2 heterocycles. The molecule has 0 N–H and O–H groups in total. The van der Waals surface area contributed by atoms with Crippen LogP contribution in [0, 0.1) is 0 Å². The number of rotatable bonds is 3. The van der Waals surface area contributed by atoms with Gasteiger partial charge >= 0.3 is 0 Å². The maximum absolute atomic E-state index is 6.23. The van der Waals surface area contributed by atoms with E-state index >= 15 is 0 Å². The van der Waals surface area contributed by atoms with E-state index in [2.05, 4.69) is 47.4 Å². The molecule has 1 unspecified atom stereocenters. The average Bonchev–Trinajstić information content (AvgIpc) is 2.38. The van der Waals surface area contributed by atoms with Crippen molar-refractivity contribution in [3.63, 3.8) is 0 Å². The monoisotopic (exact) mass is 285 g/mol. The van der Waals surface area contributed by atoms with Crippen LogP contribution in [0.5, 0.6) is 0 Å². The lowest BCUT2D eigenvalue weighted by Crippen LogP contribution is -2.38. The molecular weight excluding hydrogens is 266 g/mol. The first kappa shape index (κ1) is 13.9. The summed E-state index contributed by atoms with van der Waals surface area (Å²) in [6, 6.07) is 0. The number of hydrogen-bond donors (Lipinski definition) is 0. The van der Waals surface area contributed by atoms with E-state index in [1.165, 1.54) is 6.42 Å². The maximum Gasteiger partial charge on any atom is 0.138 e. The van der Waals surface area contributed by atoms with Crippen LogP contribution in [0.2, 0.25) is 5.15 Å². The highest BCUT2D eigenvalue weighted by molar-refractivity contribution is 8.00. The molecule has 0 saturated carbocycles. The molecule has 0 aromatic carbocycles. The van der Waals surface area contributed by atoms with E-state index in [1.54, 1.807) is 6.33 Å². The number of aromatic nitrogens is 2. The van der Waals surface area contributed by atoms with Crippen molar-refractivity contribution < 1.29 is 0 Å². The van der Waals surface area contributed by atoms with Crippen LogP contribution in [-0.4, -0.2) is 34.1 Å². The van der Waals surface area contributed by atoms with E-state index in [4.69, 9.17) is 11.6 Å². The van der Waals surface area contributed by atoms with Crippen LogP contribution >= 0.6 is 23.4 Å². The molecular formula is C13H20ClN3S. The molecule has 1 aliphatic heterocycles. The average molecular weight is 286 g/mol. The molecule has 0 spiro atoms. The van der Waals surface area contributed by atoms with Crippen molar-refractivity contribution in [3.8, 4) is 0 Å². The van der Waals surface area contributed by atoms with Crippen LogP contribution in [0.25, 0.3) is 0 Å². The van der Waals surface area contributed by atoms with Crippen LogP contribution in [-0.2, 0) is 0 Å². The standard InChI is InChI=1S/C13H20ClN3S/c1-4-10-7-17(5-6-18-10)13-11(9(2)3)12(14)15-8-16-13/h8-10H,4-7H2,1-3H3. The van der Waals surface area contributed by atoms with Crippen molar-refractivity contribution in [2.24, 2.45) is 0 Å². The molecule has 0 bridgehead atoms. The van der Waals surface area contributed by atoms with Crippen molar-refractivity contribution in [2.75, 3.05) is 23.7 Å². The molecule has 5 heteroatoms. The van der Waals surface area contributed by atoms with Gasteiger partial charge in [-0.05, 0) is 12.3 Å². The van der Waals surface area contributed by atoms with Gasteiger partial charge in [-0.15, -0.1) is 0 Å². The van der Waals surface area contributed by atoms with Gasteiger partial charge in [0, 0.05) is 29.7 Å². The third-order valence-electron chi connectivity index (χ3n) is 3.29. The Morgan fingerprint density at radius 3 is 2.94 bits per heavy atom. The first-order chi connectivity index (χ1) is 8.63. The normalized spacial score (nSPS) is 20.5. The summed E-state index contributed by atoms with van der Waals surface area (Å²) in [6.07, 6.45) is 2.78. The summed E-state index contributed by atoms with van der Waals surface area (Å²) in [4.78, 5) is 11.0. The minimum absolute atomic E-state index is 0.350. The van der Waals surface area contributed by atoms with E-state index in [9.17, 15) is 0 Å². The lowest BCUT2D eigenvalue weighted by Gasteiger charge is -2.34. The Balaban J connectivity index is 2.29. The molecule has 100 valence electrons. The quantitative estimate of drug-likeness (QED) is 0.794. The topological polar surface area (TPSA) is 29.0 Å². The van der Waals surface area contributed by atoms with Crippen molar-refractivity contribution in [1.82, 2.24) is 9.97 Å². The van der Waals surface area contributed by atoms with E-state index in [1.807, 2.05) is 0 Å². The molecule has 18 heavy (non-hydrogen) atoms. The zero-order chi connectivity index (χ0) is 13.1. The lowest BCUT2D eigenvalue weighted by atomic mass is 10.1. The number of thioether (sulfide) groups is 1. The minimum atomic E-state index is 0.350. The molecule has 1 aromatic heterocycles. The van der Waals surface area contributed by atoms with Gasteiger partial charge in [-0.3, -0.25) is 0 Å². The predicted molar refractivity (Wildman–Crippen MR) is 79.9 cm³/mol. The number of halogens is 1. The number of hydrogen-bond acceptors (Lipinski definition) is 4. The second-order valence-corrected chi connectivity index (χ2v) is 6.67. The Hall–Kier alpha value is -0.480. The fraction of sp³-hybridized carbons (Fsp3) is 0.692. The van der Waals surface area contributed by atoms with E-state index in [0.29, 0.717) is 16.3 Å². The Bertz CT molecular complexity index is 411. The van der Waals surface area contributed by atoms with Gasteiger partial charge in [-0.1, -0.05) is 32.4 Å². The Morgan fingerprint density at radius 2 is 2.28 bits per heavy atom. The second kappa shape index (κ2) is 6.11. The van der Waals surface area contributed by atoms with Crippen LogP contribution in [0.4, 0.5) is 5.82 Å². The smallest absolute Gasteiger partial charge is 0.138 e. The highest BCUT2D eigenvalue weighted by atomic mass is 35.5. The second-order valence-electron chi connectivity index (χ2n) is 4.90. The van der Waals surface area contributed by atoms with E-state index in [0.717, 1.165) is 30.2 Å². The molecule has 0 radical (unpaired) electrons. The van der Waals surface area contributed by atoms with Gasteiger partial charge < -0.3 is 4.90 Å². The SMILES string of the molecule is CCC1CN(c2ncnc(Cl)c2C(C)C)CCS1. The van der Waals surface area contributed by atoms with Crippen LogP contribution in [0.15, 0.2) is 6.33 Å². The highest BCUT2D eigenvalue weighted by Crippen LogP contribution is 2.33. The third kappa shape index (κ3) is 2.91. The summed E-state index contributed by atoms with van der Waals surface area (Å²) in [6.45, 7) is 8.65. The molecule has 1 aromatic rings. The van der Waals surface area contributed by atoms with Gasteiger partial charge in [0.1, 0.15) is 17.3 Å². The maximum atomic E-state index is 6.23. The largest absolute Gasteiger partial charge is 0.354 e. The molecule has 2 rings (SSSR count). The van der Waals surface area contributed by atoms with Crippen LogP contribution < -0.4 is 4.90 Å². The Labute approximate surface area is 118 Å². The predicted octanol–water partition coefficient (Wildman–Crippen LogP) is 3.59. The first-order valence-corrected chi connectivity index (χ1v) is 7.93. The summed E-state index contributed by atoms with van der Waals surface area (Å²) in [5, 5.41) is 1.30. The van der Waals surface area contributed by atoms with Gasteiger partial charge in [0.05, 0.1) is 0 Å². The summed E-state index contributed by atoms with van der Waals surface area (Å²) < 4.78 is 0. The molecule has 0 amide bonds. The van der Waals surface area contributed by atoms with Gasteiger partial charge in [-0.25, -0.2) is 9.97 Å². The highest BCUT2D eigenvalue weighted by Gasteiger charge is 2.24. The number of nitrogens with zero attached hydrogens (tertiary/aromatic N) is 3.